The molecule has 8 nitrogen and oxygen atoms in total. The smallest absolute Gasteiger partial charge is 0.261 e. The van der Waals surface area contributed by atoms with Crippen molar-refractivity contribution < 1.29 is 23.4 Å². The first-order valence-electron chi connectivity index (χ1n) is 9.36. The van der Waals surface area contributed by atoms with Gasteiger partial charge < -0.3 is 9.80 Å². The molecule has 4 rings (SSSR count). The fraction of sp³-hybridized carbons (Fsp3) is 0.474. The number of carbonyl (C=O) groups excluding carboxylic acids is 4. The van der Waals surface area contributed by atoms with Crippen molar-refractivity contribution in [2.75, 3.05) is 31.3 Å². The number of amides is 4. The van der Waals surface area contributed by atoms with E-state index in [1.54, 1.807) is 29.2 Å². The fourth-order valence-electron chi connectivity index (χ4n) is 3.96. The van der Waals surface area contributed by atoms with E-state index in [0.29, 0.717) is 24.2 Å². The SMILES string of the molecule is O=C([C@@H]1CS(=O)CN1C(=O)CCN1C(=O)c2ccccc2C1=O)N1CCCC1. The van der Waals surface area contributed by atoms with Gasteiger partial charge in [0.1, 0.15) is 6.04 Å². The second kappa shape index (κ2) is 7.46. The third-order valence-electron chi connectivity index (χ3n) is 5.45. The van der Waals surface area contributed by atoms with Crippen molar-refractivity contribution in [3.05, 3.63) is 35.4 Å². The Bertz CT molecular complexity index is 845. The van der Waals surface area contributed by atoms with Gasteiger partial charge in [-0.25, -0.2) is 0 Å². The van der Waals surface area contributed by atoms with E-state index >= 15 is 0 Å². The van der Waals surface area contributed by atoms with Crippen molar-refractivity contribution >= 4 is 34.4 Å². The molecular formula is C19H21N3O5S. The highest BCUT2D eigenvalue weighted by Crippen LogP contribution is 2.24. The van der Waals surface area contributed by atoms with Crippen molar-refractivity contribution in [3.8, 4) is 0 Å². The lowest BCUT2D eigenvalue weighted by atomic mass is 10.1. The molecular weight excluding hydrogens is 382 g/mol. The van der Waals surface area contributed by atoms with Crippen LogP contribution in [0.5, 0.6) is 0 Å². The number of hydrogen-bond acceptors (Lipinski definition) is 5. The van der Waals surface area contributed by atoms with Crippen molar-refractivity contribution in [3.63, 3.8) is 0 Å². The summed E-state index contributed by atoms with van der Waals surface area (Å²) in [4.78, 5) is 54.4. The molecule has 0 aliphatic carbocycles. The first-order chi connectivity index (χ1) is 13.5. The topological polar surface area (TPSA) is 95.1 Å². The number of likely N-dealkylation sites (tertiary alicyclic amines) is 1. The average molecular weight is 403 g/mol. The van der Waals surface area contributed by atoms with Gasteiger partial charge in [-0.2, -0.15) is 0 Å². The first kappa shape index (κ1) is 18.8. The summed E-state index contributed by atoms with van der Waals surface area (Å²) < 4.78 is 12.0. The van der Waals surface area contributed by atoms with Gasteiger partial charge in [-0.05, 0) is 25.0 Å². The van der Waals surface area contributed by atoms with Gasteiger partial charge >= 0.3 is 0 Å². The number of imide groups is 1. The van der Waals surface area contributed by atoms with E-state index in [1.807, 2.05) is 0 Å². The number of carbonyl (C=O) groups is 4. The summed E-state index contributed by atoms with van der Waals surface area (Å²) in [6, 6.07) is 5.84. The summed E-state index contributed by atoms with van der Waals surface area (Å²) in [6.45, 7) is 1.27. The van der Waals surface area contributed by atoms with Crippen LogP contribution in [-0.2, 0) is 20.4 Å². The molecule has 0 N–H and O–H groups in total. The Kier molecular flexibility index (Phi) is 5.01. The molecule has 2 fully saturated rings. The number of fused-ring (bicyclic) bond motifs is 1. The van der Waals surface area contributed by atoms with Crippen LogP contribution in [0.25, 0.3) is 0 Å². The Balaban J connectivity index is 1.42. The Morgan fingerprint density at radius 2 is 1.64 bits per heavy atom. The van der Waals surface area contributed by atoms with Crippen LogP contribution >= 0.6 is 0 Å². The molecule has 148 valence electrons. The van der Waals surface area contributed by atoms with E-state index in [2.05, 4.69) is 0 Å². The zero-order chi connectivity index (χ0) is 19.8. The lowest BCUT2D eigenvalue weighted by Crippen LogP contribution is -2.48. The summed E-state index contributed by atoms with van der Waals surface area (Å²) in [7, 11) is -1.27. The number of benzene rings is 1. The minimum absolute atomic E-state index is 0.0190. The zero-order valence-electron chi connectivity index (χ0n) is 15.3. The van der Waals surface area contributed by atoms with E-state index in [4.69, 9.17) is 0 Å². The van der Waals surface area contributed by atoms with Crippen molar-refractivity contribution in [1.29, 1.82) is 0 Å². The van der Waals surface area contributed by atoms with E-state index < -0.39 is 28.7 Å². The molecule has 4 amide bonds. The van der Waals surface area contributed by atoms with Gasteiger partial charge in [0, 0.05) is 36.9 Å². The van der Waals surface area contributed by atoms with Crippen LogP contribution in [-0.4, -0.2) is 79.8 Å². The Labute approximate surface area is 164 Å². The maximum atomic E-state index is 12.7. The molecule has 0 bridgehead atoms. The minimum atomic E-state index is -1.27. The third kappa shape index (κ3) is 3.23. The number of nitrogens with zero attached hydrogens (tertiary/aromatic N) is 3. The van der Waals surface area contributed by atoms with Gasteiger partial charge in [-0.15, -0.1) is 0 Å². The molecule has 0 aromatic heterocycles. The average Bonchev–Trinajstić information content (AvgIpc) is 3.41. The van der Waals surface area contributed by atoms with Gasteiger partial charge in [0.2, 0.25) is 11.8 Å². The standard InChI is InChI=1S/C19H21N3O5S/c23-16(7-10-21-17(24)13-5-1-2-6-14(13)18(21)25)22-12-28(27)11-15(22)19(26)20-8-3-4-9-20/h1-2,5-6,15H,3-4,7-12H2/t15-,28?/m0/s1. The fourth-order valence-corrected chi connectivity index (χ4v) is 5.37. The van der Waals surface area contributed by atoms with Crippen LogP contribution in [0.15, 0.2) is 24.3 Å². The molecule has 3 aliphatic heterocycles. The molecule has 3 aliphatic rings. The van der Waals surface area contributed by atoms with Crippen LogP contribution < -0.4 is 0 Å². The van der Waals surface area contributed by atoms with Crippen LogP contribution in [0.2, 0.25) is 0 Å². The molecule has 1 unspecified atom stereocenters. The molecule has 0 spiro atoms. The van der Waals surface area contributed by atoms with E-state index in [0.717, 1.165) is 17.7 Å². The molecule has 0 saturated carbocycles. The quantitative estimate of drug-likeness (QED) is 0.670. The number of hydrogen-bond donors (Lipinski definition) is 0. The van der Waals surface area contributed by atoms with E-state index in [9.17, 15) is 23.4 Å². The second-order valence-corrected chi connectivity index (χ2v) is 8.68. The minimum Gasteiger partial charge on any atom is -0.341 e. The summed E-state index contributed by atoms with van der Waals surface area (Å²) >= 11 is 0. The Morgan fingerprint density at radius 1 is 1.04 bits per heavy atom. The predicted molar refractivity (Wildman–Crippen MR) is 101 cm³/mol. The van der Waals surface area contributed by atoms with Crippen molar-refractivity contribution in [1.82, 2.24) is 14.7 Å². The second-order valence-electron chi connectivity index (χ2n) is 7.20. The largest absolute Gasteiger partial charge is 0.341 e. The van der Waals surface area contributed by atoms with Gasteiger partial charge in [0.05, 0.1) is 22.8 Å². The lowest BCUT2D eigenvalue weighted by Gasteiger charge is -2.27. The van der Waals surface area contributed by atoms with Crippen LogP contribution in [0.4, 0.5) is 0 Å². The van der Waals surface area contributed by atoms with Crippen molar-refractivity contribution in [2.45, 2.75) is 25.3 Å². The van der Waals surface area contributed by atoms with E-state index in [-0.39, 0.29) is 36.4 Å². The summed E-state index contributed by atoms with van der Waals surface area (Å²) in [5.74, 6) is -1.18. The molecule has 28 heavy (non-hydrogen) atoms. The zero-order valence-corrected chi connectivity index (χ0v) is 16.2. The lowest BCUT2D eigenvalue weighted by molar-refractivity contribution is -0.142. The summed E-state index contributed by atoms with van der Waals surface area (Å²) in [6.07, 6.45) is 1.79. The van der Waals surface area contributed by atoms with E-state index in [1.165, 1.54) is 4.90 Å². The molecule has 9 heteroatoms. The molecule has 2 saturated heterocycles. The molecule has 3 heterocycles. The van der Waals surface area contributed by atoms with Gasteiger partial charge in [0.25, 0.3) is 11.8 Å². The number of rotatable bonds is 4. The van der Waals surface area contributed by atoms with Gasteiger partial charge in [0.15, 0.2) is 0 Å². The van der Waals surface area contributed by atoms with Crippen LogP contribution in [0.3, 0.4) is 0 Å². The maximum Gasteiger partial charge on any atom is 0.261 e. The highest BCUT2D eigenvalue weighted by molar-refractivity contribution is 7.85. The highest BCUT2D eigenvalue weighted by Gasteiger charge is 2.41. The monoisotopic (exact) mass is 403 g/mol. The van der Waals surface area contributed by atoms with Gasteiger partial charge in [-0.3, -0.25) is 28.3 Å². The maximum absolute atomic E-state index is 12.7. The summed E-state index contributed by atoms with van der Waals surface area (Å²) in [5, 5.41) is 0. The first-order valence-corrected chi connectivity index (χ1v) is 10.8. The van der Waals surface area contributed by atoms with Crippen molar-refractivity contribution in [2.24, 2.45) is 0 Å². The van der Waals surface area contributed by atoms with Crippen LogP contribution in [0, 0.1) is 0 Å². The normalized spacial score (nSPS) is 24.2. The molecule has 1 aromatic rings. The van der Waals surface area contributed by atoms with Gasteiger partial charge in [-0.1, -0.05) is 12.1 Å². The highest BCUT2D eigenvalue weighted by atomic mass is 32.2. The molecule has 0 radical (unpaired) electrons. The Hall–Kier alpha value is -2.55. The third-order valence-corrected chi connectivity index (χ3v) is 6.71. The van der Waals surface area contributed by atoms with Crippen LogP contribution in [0.1, 0.15) is 40.0 Å². The molecule has 2 atom stereocenters. The Morgan fingerprint density at radius 3 is 2.25 bits per heavy atom. The molecule has 1 aromatic carbocycles. The summed E-state index contributed by atoms with van der Waals surface area (Å²) in [5.41, 5.74) is 0.675. The predicted octanol–water partition coefficient (Wildman–Crippen LogP) is 0.212.